The summed E-state index contributed by atoms with van der Waals surface area (Å²) in [5, 5.41) is 0.979. The van der Waals surface area contributed by atoms with Crippen molar-refractivity contribution in [3.63, 3.8) is 0 Å². The highest BCUT2D eigenvalue weighted by molar-refractivity contribution is 9.09. The van der Waals surface area contributed by atoms with Crippen molar-refractivity contribution in [1.82, 2.24) is 0 Å². The van der Waals surface area contributed by atoms with E-state index in [9.17, 15) is 0 Å². The fourth-order valence-corrected chi connectivity index (χ4v) is 2.90. The molecule has 1 aliphatic rings. The van der Waals surface area contributed by atoms with Crippen molar-refractivity contribution in [2.45, 2.75) is 50.5 Å². The third kappa shape index (κ3) is 4.83. The van der Waals surface area contributed by atoms with Gasteiger partial charge in [0.2, 0.25) is 0 Å². The summed E-state index contributed by atoms with van der Waals surface area (Å²) in [6.07, 6.45) is 8.81. The molecular weight excluding hydrogens is 256 g/mol. The first-order valence-electron chi connectivity index (χ1n) is 6.02. The number of rotatable bonds is 6. The van der Waals surface area contributed by atoms with Crippen molar-refractivity contribution in [2.75, 3.05) is 25.7 Å². The topological polar surface area (TPSA) is 18.5 Å². The number of alkyl halides is 1. The van der Waals surface area contributed by atoms with E-state index in [1.54, 1.807) is 7.11 Å². The van der Waals surface area contributed by atoms with Crippen LogP contribution in [0.2, 0.25) is 0 Å². The average Bonchev–Trinajstić information content (AvgIpc) is 2.51. The fraction of sp³-hybridized carbons (Fsp3) is 1.00. The zero-order valence-corrected chi connectivity index (χ0v) is 11.4. The molecule has 0 amide bonds. The molecule has 0 bridgehead atoms. The molecule has 15 heavy (non-hydrogen) atoms. The molecule has 0 atom stereocenters. The van der Waals surface area contributed by atoms with Crippen LogP contribution in [-0.2, 0) is 9.47 Å². The quantitative estimate of drug-likeness (QED) is 0.421. The molecule has 0 aromatic heterocycles. The van der Waals surface area contributed by atoms with Gasteiger partial charge >= 0.3 is 0 Å². The normalized spacial score (nSPS) is 21.2. The maximum atomic E-state index is 6.07. The van der Waals surface area contributed by atoms with Crippen LogP contribution < -0.4 is 0 Å². The van der Waals surface area contributed by atoms with Gasteiger partial charge in [-0.15, -0.1) is 0 Å². The molecular formula is C12H23BrO2. The lowest BCUT2D eigenvalue weighted by Crippen LogP contribution is -2.34. The Morgan fingerprint density at radius 1 is 1.07 bits per heavy atom. The van der Waals surface area contributed by atoms with E-state index >= 15 is 0 Å². The molecule has 0 saturated heterocycles. The molecule has 1 saturated carbocycles. The SMILES string of the molecule is COCCCOC1(CBr)CCCCCC1. The summed E-state index contributed by atoms with van der Waals surface area (Å²) >= 11 is 3.62. The van der Waals surface area contributed by atoms with Crippen LogP contribution in [0.15, 0.2) is 0 Å². The van der Waals surface area contributed by atoms with Crippen LogP contribution in [0.25, 0.3) is 0 Å². The lowest BCUT2D eigenvalue weighted by Gasteiger charge is -2.31. The van der Waals surface area contributed by atoms with Gasteiger partial charge in [0.1, 0.15) is 0 Å². The summed E-state index contributed by atoms with van der Waals surface area (Å²) in [5.41, 5.74) is 0.115. The number of halogens is 1. The third-order valence-corrected chi connectivity index (χ3v) is 4.18. The van der Waals surface area contributed by atoms with Gasteiger partial charge in [-0.25, -0.2) is 0 Å². The maximum Gasteiger partial charge on any atom is 0.0778 e. The molecule has 2 nitrogen and oxygen atoms in total. The second-order valence-electron chi connectivity index (χ2n) is 4.43. The Kier molecular flexibility index (Phi) is 6.86. The summed E-state index contributed by atoms with van der Waals surface area (Å²) in [5.74, 6) is 0. The van der Waals surface area contributed by atoms with Crippen molar-refractivity contribution in [3.05, 3.63) is 0 Å². The van der Waals surface area contributed by atoms with Crippen molar-refractivity contribution in [1.29, 1.82) is 0 Å². The summed E-state index contributed by atoms with van der Waals surface area (Å²) in [4.78, 5) is 0. The Morgan fingerprint density at radius 3 is 2.27 bits per heavy atom. The Morgan fingerprint density at radius 2 is 1.73 bits per heavy atom. The Hall–Kier alpha value is 0.400. The van der Waals surface area contributed by atoms with Crippen LogP contribution in [-0.4, -0.2) is 31.3 Å². The third-order valence-electron chi connectivity index (χ3n) is 3.16. The van der Waals surface area contributed by atoms with Gasteiger partial charge < -0.3 is 9.47 Å². The molecule has 0 spiro atoms. The molecule has 0 N–H and O–H groups in total. The standard InChI is InChI=1S/C12H23BrO2/c1-14-9-6-10-15-12(11-13)7-4-2-3-5-8-12/h2-11H2,1H3. The first-order chi connectivity index (χ1) is 7.33. The van der Waals surface area contributed by atoms with Crippen LogP contribution in [0.4, 0.5) is 0 Å². The Bertz CT molecular complexity index is 154. The first-order valence-corrected chi connectivity index (χ1v) is 7.14. The van der Waals surface area contributed by atoms with Crippen molar-refractivity contribution in [3.8, 4) is 0 Å². The molecule has 1 rings (SSSR count). The minimum absolute atomic E-state index is 0.115. The van der Waals surface area contributed by atoms with Gasteiger partial charge in [0.05, 0.1) is 5.60 Å². The summed E-state index contributed by atoms with van der Waals surface area (Å²) < 4.78 is 11.1. The monoisotopic (exact) mass is 278 g/mol. The highest BCUT2D eigenvalue weighted by atomic mass is 79.9. The lowest BCUT2D eigenvalue weighted by molar-refractivity contribution is -0.0432. The van der Waals surface area contributed by atoms with Crippen molar-refractivity contribution < 1.29 is 9.47 Å². The molecule has 0 aromatic rings. The molecule has 0 aliphatic heterocycles. The fourth-order valence-electron chi connectivity index (χ4n) is 2.18. The number of hydrogen-bond donors (Lipinski definition) is 0. The van der Waals surface area contributed by atoms with E-state index in [0.717, 1.165) is 25.0 Å². The van der Waals surface area contributed by atoms with E-state index in [2.05, 4.69) is 15.9 Å². The van der Waals surface area contributed by atoms with E-state index in [1.807, 2.05) is 0 Å². The molecule has 3 heteroatoms. The van der Waals surface area contributed by atoms with Gasteiger partial charge in [-0.05, 0) is 19.3 Å². The van der Waals surface area contributed by atoms with Crippen molar-refractivity contribution in [2.24, 2.45) is 0 Å². The second kappa shape index (κ2) is 7.64. The van der Waals surface area contributed by atoms with Gasteiger partial charge in [0, 0.05) is 25.7 Å². The molecule has 0 unspecified atom stereocenters. The highest BCUT2D eigenvalue weighted by Gasteiger charge is 2.30. The highest BCUT2D eigenvalue weighted by Crippen LogP contribution is 2.32. The predicted molar refractivity (Wildman–Crippen MR) is 66.7 cm³/mol. The van der Waals surface area contributed by atoms with Gasteiger partial charge in [-0.2, -0.15) is 0 Å². The molecule has 1 fully saturated rings. The minimum atomic E-state index is 0.115. The largest absolute Gasteiger partial charge is 0.385 e. The van der Waals surface area contributed by atoms with Crippen LogP contribution in [0.1, 0.15) is 44.9 Å². The maximum absolute atomic E-state index is 6.07. The molecule has 1 aliphatic carbocycles. The van der Waals surface area contributed by atoms with Gasteiger partial charge in [-0.3, -0.25) is 0 Å². The van der Waals surface area contributed by atoms with Crippen LogP contribution in [0, 0.1) is 0 Å². The number of hydrogen-bond acceptors (Lipinski definition) is 2. The van der Waals surface area contributed by atoms with Gasteiger partial charge in [0.25, 0.3) is 0 Å². The number of methoxy groups -OCH3 is 1. The van der Waals surface area contributed by atoms with E-state index in [1.165, 1.54) is 38.5 Å². The van der Waals surface area contributed by atoms with E-state index in [0.29, 0.717) is 0 Å². The van der Waals surface area contributed by atoms with Gasteiger partial charge in [0.15, 0.2) is 0 Å². The zero-order valence-electron chi connectivity index (χ0n) is 9.77. The van der Waals surface area contributed by atoms with E-state index < -0.39 is 0 Å². The molecule has 90 valence electrons. The lowest BCUT2D eigenvalue weighted by atomic mass is 9.97. The van der Waals surface area contributed by atoms with Crippen LogP contribution in [0.3, 0.4) is 0 Å². The summed E-state index contributed by atoms with van der Waals surface area (Å²) in [7, 11) is 1.74. The smallest absolute Gasteiger partial charge is 0.0778 e. The minimum Gasteiger partial charge on any atom is -0.385 e. The van der Waals surface area contributed by atoms with Crippen LogP contribution in [0.5, 0.6) is 0 Å². The number of ether oxygens (including phenoxy) is 2. The molecule has 0 heterocycles. The van der Waals surface area contributed by atoms with Crippen LogP contribution >= 0.6 is 15.9 Å². The van der Waals surface area contributed by atoms with E-state index in [-0.39, 0.29) is 5.60 Å². The Labute approximate surface area is 102 Å². The van der Waals surface area contributed by atoms with Gasteiger partial charge in [-0.1, -0.05) is 41.6 Å². The average molecular weight is 279 g/mol. The predicted octanol–water partition coefficient (Wildman–Crippen LogP) is 3.53. The van der Waals surface area contributed by atoms with Crippen molar-refractivity contribution >= 4 is 15.9 Å². The Balaban J connectivity index is 2.29. The second-order valence-corrected chi connectivity index (χ2v) is 4.99. The first kappa shape index (κ1) is 13.5. The van der Waals surface area contributed by atoms with E-state index in [4.69, 9.17) is 9.47 Å². The molecule has 0 radical (unpaired) electrons. The molecule has 0 aromatic carbocycles. The zero-order chi connectivity index (χ0) is 11.0. The summed E-state index contributed by atoms with van der Waals surface area (Å²) in [6, 6.07) is 0. The summed E-state index contributed by atoms with van der Waals surface area (Å²) in [6.45, 7) is 1.64.